The van der Waals surface area contributed by atoms with Gasteiger partial charge in [-0.3, -0.25) is 14.2 Å². The Labute approximate surface area is 165 Å². The smallest absolute Gasteiger partial charge is 0.262 e. The van der Waals surface area contributed by atoms with Gasteiger partial charge in [-0.1, -0.05) is 11.6 Å². The fraction of sp³-hybridized carbons (Fsp3) is 0.200. The second kappa shape index (κ2) is 7.61. The van der Waals surface area contributed by atoms with Gasteiger partial charge in [0.1, 0.15) is 6.73 Å². The number of halogens is 2. The highest BCUT2D eigenvalue weighted by Crippen LogP contribution is 2.36. The van der Waals surface area contributed by atoms with Crippen LogP contribution in [0.3, 0.4) is 0 Å². The van der Waals surface area contributed by atoms with E-state index in [1.807, 2.05) is 0 Å². The fourth-order valence-electron chi connectivity index (χ4n) is 3.34. The summed E-state index contributed by atoms with van der Waals surface area (Å²) in [7, 11) is 0. The summed E-state index contributed by atoms with van der Waals surface area (Å²) < 4.78 is 15.4. The monoisotopic (exact) mass is 404 g/mol. The van der Waals surface area contributed by atoms with E-state index in [9.17, 15) is 19.1 Å². The van der Waals surface area contributed by atoms with E-state index in [1.54, 1.807) is 38.1 Å². The summed E-state index contributed by atoms with van der Waals surface area (Å²) in [5.41, 5.74) is 1.45. The van der Waals surface area contributed by atoms with Crippen molar-refractivity contribution >= 4 is 34.3 Å². The minimum absolute atomic E-state index is 0.228. The van der Waals surface area contributed by atoms with Crippen LogP contribution in [0.15, 0.2) is 36.4 Å². The lowest BCUT2D eigenvalue weighted by Crippen LogP contribution is -2.29. The molecule has 0 saturated carbocycles. The maximum absolute atomic E-state index is 14.1. The molecule has 1 amide bonds. The van der Waals surface area contributed by atoms with E-state index in [-0.39, 0.29) is 5.52 Å². The summed E-state index contributed by atoms with van der Waals surface area (Å²) in [5.74, 6) is -3.11. The third kappa shape index (κ3) is 3.34. The van der Waals surface area contributed by atoms with Gasteiger partial charge in [-0.15, -0.1) is 0 Å². The highest BCUT2D eigenvalue weighted by atomic mass is 35.5. The van der Waals surface area contributed by atoms with Crippen molar-refractivity contribution in [3.63, 3.8) is 0 Å². The third-order valence-electron chi connectivity index (χ3n) is 4.70. The van der Waals surface area contributed by atoms with E-state index in [2.05, 4.69) is 5.32 Å². The summed E-state index contributed by atoms with van der Waals surface area (Å²) >= 11 is 5.88. The number of nitrogens with one attached hydrogen (secondary N) is 1. The lowest BCUT2D eigenvalue weighted by atomic mass is 9.97. The number of fused-ring (bicyclic) bond motifs is 1. The highest BCUT2D eigenvalue weighted by Gasteiger charge is 2.27. The standard InChI is InChI=1S/C20H18ClFN2O4/c1-10(19(27)23-9-25)18-11(2)24(16-8-15(22)17(26)7-14(16)18)20(28)12-3-5-13(21)6-4-12/h3-8,10,25-26H,9H2,1-2H3,(H,23,27). The Morgan fingerprint density at radius 2 is 1.89 bits per heavy atom. The van der Waals surface area contributed by atoms with Crippen LogP contribution in [0.4, 0.5) is 4.39 Å². The Kier molecular flexibility index (Phi) is 5.40. The number of carbonyl (C=O) groups excluding carboxylic acids is 2. The summed E-state index contributed by atoms with van der Waals surface area (Å²) in [6.07, 6.45) is 0. The van der Waals surface area contributed by atoms with E-state index < -0.39 is 36.0 Å². The van der Waals surface area contributed by atoms with Gasteiger partial charge in [-0.2, -0.15) is 0 Å². The van der Waals surface area contributed by atoms with Gasteiger partial charge in [-0.05, 0) is 49.7 Å². The third-order valence-corrected chi connectivity index (χ3v) is 4.95. The molecule has 3 aromatic rings. The topological polar surface area (TPSA) is 91.6 Å². The molecule has 3 N–H and O–H groups in total. The van der Waals surface area contributed by atoms with E-state index in [1.165, 1.54) is 10.6 Å². The molecule has 0 aliphatic carbocycles. The maximum Gasteiger partial charge on any atom is 0.262 e. The maximum atomic E-state index is 14.1. The number of rotatable bonds is 4. The molecule has 1 heterocycles. The Morgan fingerprint density at radius 3 is 2.50 bits per heavy atom. The molecule has 2 aromatic carbocycles. The van der Waals surface area contributed by atoms with Gasteiger partial charge in [0.05, 0.1) is 11.4 Å². The number of hydrogen-bond donors (Lipinski definition) is 3. The van der Waals surface area contributed by atoms with Gasteiger partial charge in [-0.25, -0.2) is 4.39 Å². The molecule has 0 radical (unpaired) electrons. The first-order valence-corrected chi connectivity index (χ1v) is 8.86. The van der Waals surface area contributed by atoms with Gasteiger partial charge >= 0.3 is 0 Å². The van der Waals surface area contributed by atoms with Crippen LogP contribution in [0.1, 0.15) is 34.5 Å². The normalized spacial score (nSPS) is 12.2. The Bertz CT molecular complexity index is 1080. The molecule has 1 atom stereocenters. The summed E-state index contributed by atoms with van der Waals surface area (Å²) in [6, 6.07) is 8.50. The number of aliphatic hydroxyl groups is 1. The van der Waals surface area contributed by atoms with Crippen LogP contribution in [0.5, 0.6) is 5.75 Å². The minimum Gasteiger partial charge on any atom is -0.505 e. The average Bonchev–Trinajstić information content (AvgIpc) is 2.92. The van der Waals surface area contributed by atoms with Crippen molar-refractivity contribution in [2.75, 3.05) is 6.73 Å². The molecule has 8 heteroatoms. The fourth-order valence-corrected chi connectivity index (χ4v) is 3.47. The molecule has 0 spiro atoms. The van der Waals surface area contributed by atoms with Crippen molar-refractivity contribution in [1.82, 2.24) is 9.88 Å². The van der Waals surface area contributed by atoms with Crippen molar-refractivity contribution in [1.29, 1.82) is 0 Å². The second-order valence-corrected chi connectivity index (χ2v) is 6.82. The number of benzene rings is 2. The largest absolute Gasteiger partial charge is 0.505 e. The van der Waals surface area contributed by atoms with Crippen LogP contribution >= 0.6 is 11.6 Å². The SMILES string of the molecule is Cc1c(C(C)C(=O)NCO)c2cc(O)c(F)cc2n1C(=O)c1ccc(Cl)cc1. The molecule has 0 saturated heterocycles. The number of aliphatic hydroxyl groups excluding tert-OH is 1. The van der Waals surface area contributed by atoms with Crippen LogP contribution in [-0.4, -0.2) is 33.3 Å². The summed E-state index contributed by atoms with van der Waals surface area (Å²) in [5, 5.41) is 21.9. The number of phenols is 1. The van der Waals surface area contributed by atoms with Crippen LogP contribution in [0, 0.1) is 12.7 Å². The predicted molar refractivity (Wildman–Crippen MR) is 103 cm³/mol. The molecule has 28 heavy (non-hydrogen) atoms. The van der Waals surface area contributed by atoms with Crippen molar-refractivity contribution in [2.24, 2.45) is 0 Å². The van der Waals surface area contributed by atoms with E-state index in [0.29, 0.717) is 27.2 Å². The Hall–Kier alpha value is -2.90. The number of aromatic nitrogens is 1. The van der Waals surface area contributed by atoms with Crippen LogP contribution in [0.25, 0.3) is 10.9 Å². The zero-order chi connectivity index (χ0) is 20.6. The van der Waals surface area contributed by atoms with Crippen molar-refractivity contribution < 1.29 is 24.2 Å². The number of carbonyl (C=O) groups is 2. The molecular formula is C20H18ClFN2O4. The molecule has 0 bridgehead atoms. The molecular weight excluding hydrogens is 387 g/mol. The average molecular weight is 405 g/mol. The molecule has 1 unspecified atom stereocenters. The highest BCUT2D eigenvalue weighted by molar-refractivity contribution is 6.30. The first-order chi connectivity index (χ1) is 13.3. The van der Waals surface area contributed by atoms with Crippen LogP contribution in [-0.2, 0) is 4.79 Å². The van der Waals surface area contributed by atoms with Gasteiger partial charge in [0.25, 0.3) is 5.91 Å². The Morgan fingerprint density at radius 1 is 1.25 bits per heavy atom. The van der Waals surface area contributed by atoms with E-state index in [0.717, 1.165) is 6.07 Å². The van der Waals surface area contributed by atoms with Gasteiger partial charge in [0, 0.05) is 27.7 Å². The zero-order valence-electron chi connectivity index (χ0n) is 15.2. The van der Waals surface area contributed by atoms with Crippen molar-refractivity contribution in [3.05, 3.63) is 64.1 Å². The van der Waals surface area contributed by atoms with E-state index >= 15 is 0 Å². The molecule has 6 nitrogen and oxygen atoms in total. The first kappa shape index (κ1) is 19.9. The first-order valence-electron chi connectivity index (χ1n) is 8.48. The number of hydrogen-bond acceptors (Lipinski definition) is 4. The lowest BCUT2D eigenvalue weighted by Gasteiger charge is -2.12. The molecule has 146 valence electrons. The van der Waals surface area contributed by atoms with Gasteiger partial charge in [0.15, 0.2) is 11.6 Å². The number of phenolic OH excluding ortho intramolecular Hbond substituents is 1. The van der Waals surface area contributed by atoms with Gasteiger partial charge in [0.2, 0.25) is 5.91 Å². The number of amides is 1. The van der Waals surface area contributed by atoms with E-state index in [4.69, 9.17) is 16.7 Å². The molecule has 3 rings (SSSR count). The minimum atomic E-state index is -0.880. The van der Waals surface area contributed by atoms with Gasteiger partial charge < -0.3 is 15.5 Å². The Balaban J connectivity index is 2.26. The zero-order valence-corrected chi connectivity index (χ0v) is 15.9. The second-order valence-electron chi connectivity index (χ2n) is 6.39. The number of nitrogens with zero attached hydrogens (tertiary/aromatic N) is 1. The molecule has 0 aliphatic heterocycles. The quantitative estimate of drug-likeness (QED) is 0.582. The number of aromatic hydroxyl groups is 1. The van der Waals surface area contributed by atoms with Crippen molar-refractivity contribution in [3.8, 4) is 5.75 Å². The summed E-state index contributed by atoms with van der Waals surface area (Å²) in [4.78, 5) is 25.4. The molecule has 1 aromatic heterocycles. The molecule has 0 fully saturated rings. The van der Waals surface area contributed by atoms with Crippen LogP contribution < -0.4 is 5.32 Å². The lowest BCUT2D eigenvalue weighted by molar-refractivity contribution is -0.123. The molecule has 0 aliphatic rings. The summed E-state index contributed by atoms with van der Waals surface area (Å²) in [6.45, 7) is 2.70. The predicted octanol–water partition coefficient (Wildman–Crippen LogP) is 3.31. The van der Waals surface area contributed by atoms with Crippen LogP contribution in [0.2, 0.25) is 5.02 Å². The van der Waals surface area contributed by atoms with Crippen molar-refractivity contribution in [2.45, 2.75) is 19.8 Å².